The molecule has 1 aliphatic rings. The average Bonchev–Trinajstić information content (AvgIpc) is 2.73. The van der Waals surface area contributed by atoms with Gasteiger partial charge in [0.1, 0.15) is 0 Å². The Morgan fingerprint density at radius 1 is 1.04 bits per heavy atom. The summed E-state index contributed by atoms with van der Waals surface area (Å²) in [6, 6.07) is 12.0. The van der Waals surface area contributed by atoms with E-state index in [4.69, 9.17) is 5.26 Å². The number of benzene rings is 1. The normalized spacial score (nSPS) is 18.8. The Hall–Kier alpha value is -1.37. The van der Waals surface area contributed by atoms with E-state index in [-0.39, 0.29) is 0 Å². The van der Waals surface area contributed by atoms with Crippen LogP contribution in [0.15, 0.2) is 30.3 Å². The van der Waals surface area contributed by atoms with Crippen molar-refractivity contribution in [1.82, 2.24) is 9.80 Å². The standard InChI is InChI=1S/C15H32N2.C7H5N.C2H6/c1-5-10-17(6-2)12-11-16(4)15-9-7-8-14(3)13-15;8-6-7-4-2-1-3-5-7;1-2/h14-15H,5-13H2,1-4H3;1-5H;1-2H3. The quantitative estimate of drug-likeness (QED) is 0.604. The summed E-state index contributed by atoms with van der Waals surface area (Å²) < 4.78 is 0. The summed E-state index contributed by atoms with van der Waals surface area (Å²) in [5.74, 6) is 0.939. The molecule has 0 radical (unpaired) electrons. The summed E-state index contributed by atoms with van der Waals surface area (Å²) >= 11 is 0. The van der Waals surface area contributed by atoms with Crippen LogP contribution in [0.25, 0.3) is 0 Å². The van der Waals surface area contributed by atoms with E-state index in [1.165, 1.54) is 58.3 Å². The molecule has 0 amide bonds. The van der Waals surface area contributed by atoms with Crippen LogP contribution < -0.4 is 0 Å². The Kier molecular flexibility index (Phi) is 15.9. The molecule has 2 unspecified atom stereocenters. The van der Waals surface area contributed by atoms with Gasteiger partial charge in [-0.1, -0.05) is 65.7 Å². The molecule has 0 aliphatic heterocycles. The molecule has 2 rings (SSSR count). The van der Waals surface area contributed by atoms with Gasteiger partial charge in [0.05, 0.1) is 11.6 Å². The first-order valence-electron chi connectivity index (χ1n) is 11.0. The molecule has 0 N–H and O–H groups in total. The van der Waals surface area contributed by atoms with Crippen LogP contribution in [0.4, 0.5) is 0 Å². The van der Waals surface area contributed by atoms with Crippen molar-refractivity contribution in [3.63, 3.8) is 0 Å². The summed E-state index contributed by atoms with van der Waals surface area (Å²) in [5.41, 5.74) is 0.715. The molecule has 2 atom stereocenters. The zero-order chi connectivity index (χ0) is 20.5. The molecule has 1 aliphatic carbocycles. The van der Waals surface area contributed by atoms with Crippen LogP contribution in [0.2, 0.25) is 0 Å². The molecule has 1 saturated carbocycles. The van der Waals surface area contributed by atoms with Gasteiger partial charge in [-0.05, 0) is 57.5 Å². The van der Waals surface area contributed by atoms with Crippen molar-refractivity contribution >= 4 is 0 Å². The van der Waals surface area contributed by atoms with Gasteiger partial charge >= 0.3 is 0 Å². The van der Waals surface area contributed by atoms with E-state index < -0.39 is 0 Å². The molecule has 154 valence electrons. The molecular weight excluding hydrogens is 330 g/mol. The fourth-order valence-electron chi connectivity index (χ4n) is 3.54. The minimum absolute atomic E-state index is 0.715. The molecule has 0 bridgehead atoms. The minimum Gasteiger partial charge on any atom is -0.302 e. The molecule has 27 heavy (non-hydrogen) atoms. The number of hydrogen-bond donors (Lipinski definition) is 0. The molecule has 1 aromatic carbocycles. The molecule has 0 heterocycles. The lowest BCUT2D eigenvalue weighted by molar-refractivity contribution is 0.143. The monoisotopic (exact) mass is 373 g/mol. The third-order valence-corrected chi connectivity index (χ3v) is 5.19. The highest BCUT2D eigenvalue weighted by molar-refractivity contribution is 5.27. The van der Waals surface area contributed by atoms with E-state index in [1.807, 2.05) is 38.1 Å². The minimum atomic E-state index is 0.715. The van der Waals surface area contributed by atoms with Crippen molar-refractivity contribution in [1.29, 1.82) is 5.26 Å². The SMILES string of the molecule is CC.CCCN(CC)CCN(C)C1CCCC(C)C1.N#Cc1ccccc1. The zero-order valence-electron chi connectivity index (χ0n) is 18.7. The van der Waals surface area contributed by atoms with Crippen molar-refractivity contribution in [2.75, 3.05) is 33.2 Å². The summed E-state index contributed by atoms with van der Waals surface area (Å²) in [4.78, 5) is 5.18. The second-order valence-electron chi connectivity index (χ2n) is 7.32. The maximum absolute atomic E-state index is 8.29. The van der Waals surface area contributed by atoms with Crippen molar-refractivity contribution in [2.45, 2.75) is 72.8 Å². The van der Waals surface area contributed by atoms with Gasteiger partial charge in [0, 0.05) is 19.1 Å². The van der Waals surface area contributed by atoms with E-state index in [2.05, 4.69) is 37.6 Å². The highest BCUT2D eigenvalue weighted by Crippen LogP contribution is 2.26. The van der Waals surface area contributed by atoms with E-state index in [0.717, 1.165) is 12.0 Å². The Bertz CT molecular complexity index is 480. The first kappa shape index (κ1) is 25.6. The van der Waals surface area contributed by atoms with Crippen molar-refractivity contribution in [2.24, 2.45) is 5.92 Å². The van der Waals surface area contributed by atoms with Crippen molar-refractivity contribution in [3.05, 3.63) is 35.9 Å². The highest BCUT2D eigenvalue weighted by Gasteiger charge is 2.22. The van der Waals surface area contributed by atoms with Crippen molar-refractivity contribution in [3.8, 4) is 6.07 Å². The predicted octanol–water partition coefficient (Wildman–Crippen LogP) is 5.81. The highest BCUT2D eigenvalue weighted by atomic mass is 15.2. The van der Waals surface area contributed by atoms with Gasteiger partial charge in [-0.25, -0.2) is 0 Å². The number of nitrogens with zero attached hydrogens (tertiary/aromatic N) is 3. The van der Waals surface area contributed by atoms with E-state index in [1.54, 1.807) is 12.1 Å². The Labute approximate surface area is 169 Å². The van der Waals surface area contributed by atoms with Crippen LogP contribution in [0, 0.1) is 17.2 Å². The van der Waals surface area contributed by atoms with Gasteiger partial charge in [-0.15, -0.1) is 0 Å². The van der Waals surface area contributed by atoms with Crippen LogP contribution in [0.1, 0.15) is 72.3 Å². The van der Waals surface area contributed by atoms with Gasteiger partial charge in [0.15, 0.2) is 0 Å². The van der Waals surface area contributed by atoms with Crippen molar-refractivity contribution < 1.29 is 0 Å². The fourth-order valence-corrected chi connectivity index (χ4v) is 3.54. The fraction of sp³-hybridized carbons (Fsp3) is 0.708. The van der Waals surface area contributed by atoms with E-state index in [0.29, 0.717) is 5.56 Å². The van der Waals surface area contributed by atoms with Gasteiger partial charge in [0.2, 0.25) is 0 Å². The Morgan fingerprint density at radius 3 is 2.19 bits per heavy atom. The molecule has 3 heteroatoms. The molecule has 0 aromatic heterocycles. The molecule has 3 nitrogen and oxygen atoms in total. The van der Waals surface area contributed by atoms with E-state index in [9.17, 15) is 0 Å². The van der Waals surface area contributed by atoms with Crippen LogP contribution in [0.3, 0.4) is 0 Å². The first-order chi connectivity index (χ1) is 13.1. The second-order valence-corrected chi connectivity index (χ2v) is 7.32. The maximum Gasteiger partial charge on any atom is 0.0991 e. The smallest absolute Gasteiger partial charge is 0.0991 e. The topological polar surface area (TPSA) is 30.3 Å². The first-order valence-corrected chi connectivity index (χ1v) is 11.0. The number of likely N-dealkylation sites (N-methyl/N-ethyl adjacent to an activating group) is 2. The number of nitriles is 1. The largest absolute Gasteiger partial charge is 0.302 e. The number of hydrogen-bond acceptors (Lipinski definition) is 3. The predicted molar refractivity (Wildman–Crippen MR) is 119 cm³/mol. The summed E-state index contributed by atoms with van der Waals surface area (Å²) in [7, 11) is 2.32. The Balaban J connectivity index is 0.000000562. The molecule has 0 saturated heterocycles. The van der Waals surface area contributed by atoms with Crippen LogP contribution >= 0.6 is 0 Å². The zero-order valence-corrected chi connectivity index (χ0v) is 18.7. The summed E-state index contributed by atoms with van der Waals surface area (Å²) in [6.07, 6.45) is 6.99. The van der Waals surface area contributed by atoms with Gasteiger partial charge in [0.25, 0.3) is 0 Å². The van der Waals surface area contributed by atoms with Gasteiger partial charge in [-0.3, -0.25) is 0 Å². The second kappa shape index (κ2) is 16.8. The lowest BCUT2D eigenvalue weighted by atomic mass is 9.86. The maximum atomic E-state index is 8.29. The number of rotatable bonds is 7. The molecule has 1 aromatic rings. The van der Waals surface area contributed by atoms with E-state index >= 15 is 0 Å². The third kappa shape index (κ3) is 11.8. The molecule has 1 fully saturated rings. The summed E-state index contributed by atoms with van der Waals surface area (Å²) in [5, 5.41) is 8.29. The van der Waals surface area contributed by atoms with Gasteiger partial charge < -0.3 is 9.80 Å². The molecule has 0 spiro atoms. The van der Waals surface area contributed by atoms with Crippen LogP contribution in [0.5, 0.6) is 0 Å². The summed E-state index contributed by atoms with van der Waals surface area (Å²) in [6.45, 7) is 15.9. The van der Waals surface area contributed by atoms with Crippen LogP contribution in [-0.2, 0) is 0 Å². The third-order valence-electron chi connectivity index (χ3n) is 5.19. The van der Waals surface area contributed by atoms with Crippen LogP contribution in [-0.4, -0.2) is 49.1 Å². The average molecular weight is 374 g/mol. The van der Waals surface area contributed by atoms with Gasteiger partial charge in [-0.2, -0.15) is 5.26 Å². The molecular formula is C24H43N3. The lowest BCUT2D eigenvalue weighted by Gasteiger charge is -2.35. The lowest BCUT2D eigenvalue weighted by Crippen LogP contribution is -2.40. The Morgan fingerprint density at radius 2 is 1.70 bits per heavy atom.